The molecule has 2 aromatic rings. The van der Waals surface area contributed by atoms with Crippen LogP contribution < -0.4 is 0 Å². The first-order chi connectivity index (χ1) is 6.18. The highest BCUT2D eigenvalue weighted by molar-refractivity contribution is 9.09. The number of aromatic nitrogens is 1. The Balaban J connectivity index is 2.68. The Morgan fingerprint density at radius 1 is 1.54 bits per heavy atom. The van der Waals surface area contributed by atoms with E-state index in [4.69, 9.17) is 4.42 Å². The van der Waals surface area contributed by atoms with Gasteiger partial charge in [-0.15, -0.1) is 0 Å². The van der Waals surface area contributed by atoms with Gasteiger partial charge in [-0.3, -0.25) is 0 Å². The van der Waals surface area contributed by atoms with Gasteiger partial charge in [-0.05, 0) is 19.1 Å². The molecule has 4 heteroatoms. The van der Waals surface area contributed by atoms with E-state index >= 15 is 0 Å². The van der Waals surface area contributed by atoms with Crippen LogP contribution in [-0.2, 0) is 0 Å². The Bertz CT molecular complexity index is 438. The summed E-state index contributed by atoms with van der Waals surface area (Å²) in [6.07, 6.45) is 0. The fourth-order valence-electron chi connectivity index (χ4n) is 1.10. The Labute approximate surface area is 82.9 Å². The predicted octanol–water partition coefficient (Wildman–Crippen LogP) is 3.42. The SMILES string of the molecule is CC(Br)c1nc2cccc(F)c2o1. The predicted molar refractivity (Wildman–Crippen MR) is 51.3 cm³/mol. The number of hydrogen-bond donors (Lipinski definition) is 0. The third kappa shape index (κ3) is 1.46. The molecule has 1 aromatic carbocycles. The summed E-state index contributed by atoms with van der Waals surface area (Å²) in [5.41, 5.74) is 0.783. The topological polar surface area (TPSA) is 26.0 Å². The minimum Gasteiger partial charge on any atom is -0.436 e. The van der Waals surface area contributed by atoms with E-state index in [-0.39, 0.29) is 16.2 Å². The van der Waals surface area contributed by atoms with Crippen molar-refractivity contribution in [2.75, 3.05) is 0 Å². The van der Waals surface area contributed by atoms with Crippen LogP contribution in [0.5, 0.6) is 0 Å². The average molecular weight is 244 g/mol. The number of benzene rings is 1. The van der Waals surface area contributed by atoms with Gasteiger partial charge in [0.15, 0.2) is 11.4 Å². The molecule has 0 aliphatic carbocycles. The Kier molecular flexibility index (Phi) is 2.07. The number of alkyl halides is 1. The maximum atomic E-state index is 13.1. The molecule has 0 aliphatic heterocycles. The first-order valence-corrected chi connectivity index (χ1v) is 4.79. The average Bonchev–Trinajstić information content (AvgIpc) is 2.49. The van der Waals surface area contributed by atoms with Gasteiger partial charge in [-0.1, -0.05) is 22.0 Å². The quantitative estimate of drug-likeness (QED) is 0.718. The summed E-state index contributed by atoms with van der Waals surface area (Å²) in [5.74, 6) is 0.129. The molecule has 0 spiro atoms. The van der Waals surface area contributed by atoms with Gasteiger partial charge in [0, 0.05) is 0 Å². The van der Waals surface area contributed by atoms with E-state index < -0.39 is 0 Å². The van der Waals surface area contributed by atoms with Crippen LogP contribution in [0.25, 0.3) is 11.1 Å². The van der Waals surface area contributed by atoms with Crippen molar-refractivity contribution >= 4 is 27.0 Å². The molecule has 0 saturated heterocycles. The molecule has 0 amide bonds. The third-order valence-corrected chi connectivity index (χ3v) is 2.12. The van der Waals surface area contributed by atoms with E-state index in [1.54, 1.807) is 12.1 Å². The van der Waals surface area contributed by atoms with E-state index in [2.05, 4.69) is 20.9 Å². The highest BCUT2D eigenvalue weighted by atomic mass is 79.9. The molecule has 0 aliphatic rings. The van der Waals surface area contributed by atoms with Crippen molar-refractivity contribution < 1.29 is 8.81 Å². The van der Waals surface area contributed by atoms with E-state index in [0.717, 1.165) is 0 Å². The molecular formula is C9H7BrFNO. The second kappa shape index (κ2) is 3.10. The highest BCUT2D eigenvalue weighted by Crippen LogP contribution is 2.26. The normalized spacial score (nSPS) is 13.5. The zero-order valence-electron chi connectivity index (χ0n) is 6.92. The van der Waals surface area contributed by atoms with Crippen LogP contribution in [-0.4, -0.2) is 4.98 Å². The lowest BCUT2D eigenvalue weighted by Gasteiger charge is -1.91. The van der Waals surface area contributed by atoms with Gasteiger partial charge in [-0.25, -0.2) is 9.37 Å². The zero-order chi connectivity index (χ0) is 9.42. The summed E-state index contributed by atoms with van der Waals surface area (Å²) in [7, 11) is 0. The summed E-state index contributed by atoms with van der Waals surface area (Å²) in [6, 6.07) is 4.69. The lowest BCUT2D eigenvalue weighted by atomic mass is 10.3. The Morgan fingerprint density at radius 2 is 2.31 bits per heavy atom. The van der Waals surface area contributed by atoms with Crippen molar-refractivity contribution in [3.8, 4) is 0 Å². The molecule has 68 valence electrons. The lowest BCUT2D eigenvalue weighted by Crippen LogP contribution is -1.80. The number of rotatable bonds is 1. The molecule has 0 bridgehead atoms. The summed E-state index contributed by atoms with van der Waals surface area (Å²) in [5, 5.41) is 0. The molecule has 1 atom stereocenters. The molecule has 2 nitrogen and oxygen atoms in total. The molecule has 1 unspecified atom stereocenters. The Hall–Kier alpha value is -0.900. The van der Waals surface area contributed by atoms with Gasteiger partial charge >= 0.3 is 0 Å². The van der Waals surface area contributed by atoms with E-state index in [1.165, 1.54) is 6.07 Å². The summed E-state index contributed by atoms with van der Waals surface area (Å²) in [4.78, 5) is 4.12. The van der Waals surface area contributed by atoms with E-state index in [9.17, 15) is 4.39 Å². The van der Waals surface area contributed by atoms with Crippen LogP contribution in [0.4, 0.5) is 4.39 Å². The molecule has 2 rings (SSSR count). The van der Waals surface area contributed by atoms with Crippen LogP contribution in [0.15, 0.2) is 22.6 Å². The van der Waals surface area contributed by atoms with Crippen LogP contribution in [0, 0.1) is 5.82 Å². The van der Waals surface area contributed by atoms with Crippen LogP contribution in [0.2, 0.25) is 0 Å². The van der Waals surface area contributed by atoms with E-state index in [0.29, 0.717) is 11.4 Å². The van der Waals surface area contributed by atoms with Crippen molar-refractivity contribution in [1.29, 1.82) is 0 Å². The van der Waals surface area contributed by atoms with Crippen molar-refractivity contribution in [2.24, 2.45) is 0 Å². The maximum Gasteiger partial charge on any atom is 0.209 e. The van der Waals surface area contributed by atoms with Crippen LogP contribution in [0.1, 0.15) is 17.6 Å². The first-order valence-electron chi connectivity index (χ1n) is 3.87. The second-order valence-electron chi connectivity index (χ2n) is 2.76. The monoisotopic (exact) mass is 243 g/mol. The van der Waals surface area contributed by atoms with Gasteiger partial charge < -0.3 is 4.42 Å². The van der Waals surface area contributed by atoms with Crippen molar-refractivity contribution in [3.05, 3.63) is 29.9 Å². The second-order valence-corrected chi connectivity index (χ2v) is 4.13. The number of para-hydroxylation sites is 1. The smallest absolute Gasteiger partial charge is 0.209 e. The molecule has 0 N–H and O–H groups in total. The van der Waals surface area contributed by atoms with Crippen molar-refractivity contribution in [2.45, 2.75) is 11.8 Å². The molecule has 0 fully saturated rings. The summed E-state index contributed by atoms with van der Waals surface area (Å²) < 4.78 is 18.3. The number of halogens is 2. The fraction of sp³-hybridized carbons (Fsp3) is 0.222. The van der Waals surface area contributed by atoms with Crippen LogP contribution in [0.3, 0.4) is 0 Å². The van der Waals surface area contributed by atoms with E-state index in [1.807, 2.05) is 6.92 Å². The van der Waals surface area contributed by atoms with Gasteiger partial charge in [0.05, 0.1) is 4.83 Å². The number of oxazole rings is 1. The first kappa shape index (κ1) is 8.69. The zero-order valence-corrected chi connectivity index (χ0v) is 8.51. The fourth-order valence-corrected chi connectivity index (χ4v) is 1.30. The molecule has 1 aromatic heterocycles. The number of fused-ring (bicyclic) bond motifs is 1. The molecule has 13 heavy (non-hydrogen) atoms. The molecule has 1 heterocycles. The third-order valence-electron chi connectivity index (χ3n) is 1.72. The van der Waals surface area contributed by atoms with Gasteiger partial charge in [0.25, 0.3) is 0 Å². The standard InChI is InChI=1S/C9H7BrFNO/c1-5(10)9-12-7-4-2-3-6(11)8(7)13-9/h2-5H,1H3. The molecule has 0 saturated carbocycles. The maximum absolute atomic E-state index is 13.1. The number of nitrogens with zero attached hydrogens (tertiary/aromatic N) is 1. The number of hydrogen-bond acceptors (Lipinski definition) is 2. The molecular weight excluding hydrogens is 237 g/mol. The lowest BCUT2D eigenvalue weighted by molar-refractivity contribution is 0.511. The summed E-state index contributed by atoms with van der Waals surface area (Å²) >= 11 is 3.31. The van der Waals surface area contributed by atoms with Crippen LogP contribution >= 0.6 is 15.9 Å². The highest BCUT2D eigenvalue weighted by Gasteiger charge is 2.12. The largest absolute Gasteiger partial charge is 0.436 e. The minimum atomic E-state index is -0.371. The van der Waals surface area contributed by atoms with Gasteiger partial charge in [0.2, 0.25) is 5.89 Å². The van der Waals surface area contributed by atoms with Gasteiger partial charge in [-0.2, -0.15) is 0 Å². The molecule has 0 radical (unpaired) electrons. The summed E-state index contributed by atoms with van der Waals surface area (Å²) in [6.45, 7) is 1.88. The minimum absolute atomic E-state index is 0.000648. The van der Waals surface area contributed by atoms with Crippen molar-refractivity contribution in [3.63, 3.8) is 0 Å². The van der Waals surface area contributed by atoms with Crippen molar-refractivity contribution in [1.82, 2.24) is 4.98 Å². The van der Waals surface area contributed by atoms with Gasteiger partial charge in [0.1, 0.15) is 5.52 Å². The Morgan fingerprint density at radius 3 is 2.92 bits per heavy atom.